The highest BCUT2D eigenvalue weighted by Gasteiger charge is 2.24. The van der Waals surface area contributed by atoms with Gasteiger partial charge in [0.2, 0.25) is 5.78 Å². The van der Waals surface area contributed by atoms with Crippen LogP contribution in [0.4, 0.5) is 5.69 Å². The minimum atomic E-state index is -0.961. The van der Waals surface area contributed by atoms with E-state index in [0.717, 1.165) is 22.7 Å². The van der Waals surface area contributed by atoms with Crippen molar-refractivity contribution in [3.05, 3.63) is 69.9 Å². The summed E-state index contributed by atoms with van der Waals surface area (Å²) in [5.74, 6) is -1.03. The number of rotatable bonds is 7. The largest absolute Gasteiger partial charge is 0.454 e. The van der Waals surface area contributed by atoms with Crippen LogP contribution in [0, 0.1) is 17.0 Å². The number of esters is 1. The van der Waals surface area contributed by atoms with Gasteiger partial charge in [0, 0.05) is 28.2 Å². The van der Waals surface area contributed by atoms with Gasteiger partial charge in [-0.2, -0.15) is 0 Å². The first kappa shape index (κ1) is 19.6. The van der Waals surface area contributed by atoms with E-state index in [1.165, 1.54) is 13.0 Å². The molecule has 8 heteroatoms. The average Bonchev–Trinajstić information content (AvgIpc) is 3.01. The van der Waals surface area contributed by atoms with Crippen LogP contribution in [0.5, 0.6) is 0 Å². The highest BCUT2D eigenvalue weighted by Crippen LogP contribution is 2.29. The Morgan fingerprint density at radius 1 is 1.18 bits per heavy atom. The van der Waals surface area contributed by atoms with Crippen LogP contribution < -0.4 is 0 Å². The number of ether oxygens (including phenoxy) is 1. The molecule has 0 amide bonds. The second-order valence-corrected chi connectivity index (χ2v) is 7.20. The number of benzene rings is 2. The molecule has 0 fully saturated rings. The Bertz CT molecular complexity index is 1060. The van der Waals surface area contributed by atoms with Crippen LogP contribution in [0.3, 0.4) is 0 Å². The molecule has 0 aliphatic rings. The molecule has 3 aromatic rings. The van der Waals surface area contributed by atoms with Crippen LogP contribution in [0.25, 0.3) is 10.9 Å². The molecule has 1 N–H and O–H groups in total. The Balaban J connectivity index is 1.67. The van der Waals surface area contributed by atoms with Gasteiger partial charge in [0.15, 0.2) is 6.10 Å². The van der Waals surface area contributed by atoms with E-state index >= 15 is 0 Å². The van der Waals surface area contributed by atoms with Crippen molar-refractivity contribution in [2.24, 2.45) is 0 Å². The molecule has 144 valence electrons. The lowest BCUT2D eigenvalue weighted by Crippen LogP contribution is -2.25. The summed E-state index contributed by atoms with van der Waals surface area (Å²) in [6.07, 6.45) is -0.961. The third-order valence-electron chi connectivity index (χ3n) is 4.22. The van der Waals surface area contributed by atoms with Crippen LogP contribution in [0.15, 0.2) is 53.4 Å². The summed E-state index contributed by atoms with van der Waals surface area (Å²) >= 11 is 1.01. The maximum Gasteiger partial charge on any atom is 0.316 e. The Kier molecular flexibility index (Phi) is 5.79. The number of hydrogen-bond donors (Lipinski definition) is 1. The lowest BCUT2D eigenvalue weighted by Gasteiger charge is -2.12. The van der Waals surface area contributed by atoms with Crippen molar-refractivity contribution >= 4 is 40.1 Å². The van der Waals surface area contributed by atoms with Crippen molar-refractivity contribution in [1.82, 2.24) is 4.98 Å². The minimum absolute atomic E-state index is 0.0705. The number of nitrogens with one attached hydrogen (secondary N) is 1. The van der Waals surface area contributed by atoms with Crippen molar-refractivity contribution in [1.29, 1.82) is 0 Å². The summed E-state index contributed by atoms with van der Waals surface area (Å²) in [6.45, 7) is 3.32. The Hall–Kier alpha value is -3.13. The number of nitrogens with zero attached hydrogens (tertiary/aromatic N) is 1. The smallest absolute Gasteiger partial charge is 0.316 e. The number of aryl methyl sites for hydroxylation is 1. The van der Waals surface area contributed by atoms with Crippen LogP contribution in [-0.4, -0.2) is 33.5 Å². The summed E-state index contributed by atoms with van der Waals surface area (Å²) < 4.78 is 5.27. The molecule has 0 saturated heterocycles. The molecule has 1 heterocycles. The van der Waals surface area contributed by atoms with Crippen molar-refractivity contribution < 1.29 is 19.2 Å². The van der Waals surface area contributed by atoms with Crippen molar-refractivity contribution in [2.45, 2.75) is 24.8 Å². The molecule has 0 bridgehead atoms. The fourth-order valence-corrected chi connectivity index (χ4v) is 3.76. The molecular formula is C20H18N2O5S. The first-order valence-electron chi connectivity index (χ1n) is 8.55. The van der Waals surface area contributed by atoms with Gasteiger partial charge < -0.3 is 9.72 Å². The minimum Gasteiger partial charge on any atom is -0.454 e. The number of fused-ring (bicyclic) bond motifs is 1. The SMILES string of the molecule is Cc1[nH]c2ccccc2c1C(=O)[C@H](C)OC(=O)CSc1ccccc1[N+](=O)[O-]. The average molecular weight is 398 g/mol. The molecule has 7 nitrogen and oxygen atoms in total. The zero-order valence-electron chi connectivity index (χ0n) is 15.3. The van der Waals surface area contributed by atoms with Gasteiger partial charge in [-0.1, -0.05) is 30.3 Å². The lowest BCUT2D eigenvalue weighted by atomic mass is 10.0. The Morgan fingerprint density at radius 3 is 2.61 bits per heavy atom. The summed E-state index contributed by atoms with van der Waals surface area (Å²) in [6, 6.07) is 13.6. The first-order chi connectivity index (χ1) is 13.4. The maximum absolute atomic E-state index is 12.8. The number of nitro benzene ring substituents is 1. The topological polar surface area (TPSA) is 102 Å². The second-order valence-electron chi connectivity index (χ2n) is 6.18. The molecule has 28 heavy (non-hydrogen) atoms. The van der Waals surface area contributed by atoms with Gasteiger partial charge in [-0.05, 0) is 26.0 Å². The second kappa shape index (κ2) is 8.26. The van der Waals surface area contributed by atoms with Crippen LogP contribution >= 0.6 is 11.8 Å². The van der Waals surface area contributed by atoms with E-state index in [2.05, 4.69) is 4.98 Å². The number of para-hydroxylation sites is 2. The van der Waals surface area contributed by atoms with E-state index in [1.54, 1.807) is 25.1 Å². The molecule has 0 radical (unpaired) electrons. The van der Waals surface area contributed by atoms with E-state index in [4.69, 9.17) is 4.74 Å². The normalized spacial score (nSPS) is 11.9. The van der Waals surface area contributed by atoms with Crippen LogP contribution in [0.1, 0.15) is 23.0 Å². The number of carbonyl (C=O) groups is 2. The van der Waals surface area contributed by atoms with Gasteiger partial charge in [0.25, 0.3) is 5.69 Å². The number of H-pyrrole nitrogens is 1. The third kappa shape index (κ3) is 4.07. The standard InChI is InChI=1S/C20H18N2O5S/c1-12-19(14-7-3-4-8-15(14)21-12)20(24)13(2)27-18(23)11-28-17-10-6-5-9-16(17)22(25)26/h3-10,13,21H,11H2,1-2H3/t13-/m0/s1. The molecule has 0 spiro atoms. The molecule has 1 aromatic heterocycles. The number of ketones is 1. The first-order valence-corrected chi connectivity index (χ1v) is 9.54. The summed E-state index contributed by atoms with van der Waals surface area (Å²) in [4.78, 5) is 39.0. The van der Waals surface area contributed by atoms with E-state index in [9.17, 15) is 19.7 Å². The van der Waals surface area contributed by atoms with Crippen LogP contribution in [-0.2, 0) is 9.53 Å². The Morgan fingerprint density at radius 2 is 1.86 bits per heavy atom. The fraction of sp³-hybridized carbons (Fsp3) is 0.200. The van der Waals surface area contributed by atoms with Gasteiger partial charge >= 0.3 is 5.97 Å². The molecule has 0 unspecified atom stereocenters. The van der Waals surface area contributed by atoms with E-state index < -0.39 is 17.0 Å². The number of hydrogen-bond acceptors (Lipinski definition) is 6. The highest BCUT2D eigenvalue weighted by molar-refractivity contribution is 8.00. The maximum atomic E-state index is 12.8. The molecule has 1 atom stereocenters. The lowest BCUT2D eigenvalue weighted by molar-refractivity contribution is -0.387. The number of carbonyl (C=O) groups excluding carboxylic acids is 2. The molecule has 3 rings (SSSR count). The van der Waals surface area contributed by atoms with Crippen molar-refractivity contribution in [3.8, 4) is 0 Å². The summed E-state index contributed by atoms with van der Waals surface area (Å²) in [5.41, 5.74) is 1.98. The number of nitro groups is 1. The number of aromatic amines is 1. The van der Waals surface area contributed by atoms with E-state index in [0.29, 0.717) is 16.2 Å². The predicted molar refractivity (Wildman–Crippen MR) is 107 cm³/mol. The Labute approximate surface area is 165 Å². The highest BCUT2D eigenvalue weighted by atomic mass is 32.2. The third-order valence-corrected chi connectivity index (χ3v) is 5.26. The molecule has 2 aromatic carbocycles. The number of thioether (sulfide) groups is 1. The predicted octanol–water partition coefficient (Wildman–Crippen LogP) is 4.29. The van der Waals surface area contributed by atoms with Gasteiger partial charge in [-0.3, -0.25) is 19.7 Å². The number of Topliss-reactive ketones (excluding diaryl/α,β-unsaturated/α-hetero) is 1. The molecule has 0 aliphatic carbocycles. The quantitative estimate of drug-likeness (QED) is 0.209. The van der Waals surface area contributed by atoms with Crippen molar-refractivity contribution in [3.63, 3.8) is 0 Å². The fourth-order valence-electron chi connectivity index (χ4n) is 2.95. The van der Waals surface area contributed by atoms with Gasteiger partial charge in [-0.15, -0.1) is 11.8 Å². The van der Waals surface area contributed by atoms with Crippen molar-refractivity contribution in [2.75, 3.05) is 5.75 Å². The van der Waals surface area contributed by atoms with E-state index in [-0.39, 0.29) is 17.2 Å². The van der Waals surface area contributed by atoms with Gasteiger partial charge in [0.1, 0.15) is 0 Å². The zero-order chi connectivity index (χ0) is 20.3. The monoisotopic (exact) mass is 398 g/mol. The van der Waals surface area contributed by atoms with Gasteiger partial charge in [0.05, 0.1) is 15.6 Å². The zero-order valence-corrected chi connectivity index (χ0v) is 16.1. The summed E-state index contributed by atoms with van der Waals surface area (Å²) in [5, 5.41) is 11.8. The molecule has 0 aliphatic heterocycles. The van der Waals surface area contributed by atoms with E-state index in [1.807, 2.05) is 24.3 Å². The molecule has 0 saturated carbocycles. The van der Waals surface area contributed by atoms with Crippen LogP contribution in [0.2, 0.25) is 0 Å². The molecular weight excluding hydrogens is 380 g/mol. The van der Waals surface area contributed by atoms with Gasteiger partial charge in [-0.25, -0.2) is 0 Å². The number of aromatic nitrogens is 1. The summed E-state index contributed by atoms with van der Waals surface area (Å²) in [7, 11) is 0.